The lowest BCUT2D eigenvalue weighted by Crippen LogP contribution is -2.31. The Kier molecular flexibility index (Phi) is 5.40. The molecule has 9 nitrogen and oxygen atoms in total. The van der Waals surface area contributed by atoms with Gasteiger partial charge in [-0.1, -0.05) is 0 Å². The van der Waals surface area contributed by atoms with Gasteiger partial charge in [0.1, 0.15) is 5.69 Å². The molecule has 0 spiro atoms. The number of amides is 1. The van der Waals surface area contributed by atoms with Gasteiger partial charge in [-0.3, -0.25) is 14.9 Å². The Hall–Kier alpha value is -2.20. The fourth-order valence-electron chi connectivity index (χ4n) is 2.04. The second-order valence-electron chi connectivity index (χ2n) is 5.91. The molecule has 0 saturated heterocycles. The largest absolute Gasteiger partial charge is 0.371 e. The Labute approximate surface area is 140 Å². The van der Waals surface area contributed by atoms with E-state index in [9.17, 15) is 23.3 Å². The number of nitro groups is 1. The third-order valence-electron chi connectivity index (χ3n) is 3.25. The Morgan fingerprint density at radius 2 is 2.04 bits per heavy atom. The van der Waals surface area contributed by atoms with Crippen molar-refractivity contribution in [3.05, 3.63) is 28.3 Å². The van der Waals surface area contributed by atoms with Crippen LogP contribution < -0.4 is 15.4 Å². The predicted molar refractivity (Wildman–Crippen MR) is 88.2 cm³/mol. The van der Waals surface area contributed by atoms with Gasteiger partial charge in [-0.15, -0.1) is 0 Å². The number of rotatable bonds is 8. The van der Waals surface area contributed by atoms with Crippen molar-refractivity contribution in [1.82, 2.24) is 10.0 Å². The normalized spacial score (nSPS) is 14.5. The highest BCUT2D eigenvalue weighted by atomic mass is 32.2. The van der Waals surface area contributed by atoms with E-state index < -0.39 is 20.6 Å². The zero-order chi connectivity index (χ0) is 17.9. The topological polar surface area (TPSA) is 130 Å². The van der Waals surface area contributed by atoms with E-state index in [0.717, 1.165) is 18.9 Å². The number of nitrogens with one attached hydrogen (secondary N) is 3. The van der Waals surface area contributed by atoms with E-state index in [2.05, 4.69) is 15.4 Å². The molecule has 3 N–H and O–H groups in total. The smallest absolute Gasteiger partial charge is 0.293 e. The summed E-state index contributed by atoms with van der Waals surface area (Å²) in [5.41, 5.74) is -0.310. The van der Waals surface area contributed by atoms with Crippen LogP contribution in [0.5, 0.6) is 0 Å². The van der Waals surface area contributed by atoms with Gasteiger partial charge >= 0.3 is 0 Å². The maximum absolute atomic E-state index is 12.1. The summed E-state index contributed by atoms with van der Waals surface area (Å²) in [6, 6.07) is 3.39. The first-order valence-electron chi connectivity index (χ1n) is 7.53. The molecular formula is C14H20N4O5S. The van der Waals surface area contributed by atoms with Crippen LogP contribution in [0.15, 0.2) is 23.1 Å². The number of nitrogens with zero attached hydrogens (tertiary/aromatic N) is 1. The SMILES string of the molecule is CC(C)NS(=O)(=O)c1ccc(NCC(=O)NC2CC2)c([N+](=O)[O-])c1. The van der Waals surface area contributed by atoms with Crippen molar-refractivity contribution in [2.45, 2.75) is 43.7 Å². The molecule has 0 radical (unpaired) electrons. The lowest BCUT2D eigenvalue weighted by molar-refractivity contribution is -0.384. The number of anilines is 1. The zero-order valence-electron chi connectivity index (χ0n) is 13.4. The van der Waals surface area contributed by atoms with E-state index in [4.69, 9.17) is 0 Å². The molecule has 0 atom stereocenters. The predicted octanol–water partition coefficient (Wildman–Crippen LogP) is 0.972. The van der Waals surface area contributed by atoms with Crippen molar-refractivity contribution in [2.75, 3.05) is 11.9 Å². The Morgan fingerprint density at radius 1 is 1.38 bits per heavy atom. The first-order chi connectivity index (χ1) is 11.2. The van der Waals surface area contributed by atoms with Crippen LogP contribution in [0.2, 0.25) is 0 Å². The molecule has 1 saturated carbocycles. The molecule has 0 aromatic heterocycles. The number of carbonyl (C=O) groups excluding carboxylic acids is 1. The van der Waals surface area contributed by atoms with Crippen molar-refractivity contribution in [3.63, 3.8) is 0 Å². The molecule has 132 valence electrons. The van der Waals surface area contributed by atoms with Crippen molar-refractivity contribution in [2.24, 2.45) is 0 Å². The monoisotopic (exact) mass is 356 g/mol. The van der Waals surface area contributed by atoms with Gasteiger partial charge in [0.2, 0.25) is 15.9 Å². The first-order valence-corrected chi connectivity index (χ1v) is 9.01. The fourth-order valence-corrected chi connectivity index (χ4v) is 3.31. The van der Waals surface area contributed by atoms with Crippen molar-refractivity contribution < 1.29 is 18.1 Å². The number of hydrogen-bond acceptors (Lipinski definition) is 6. The van der Waals surface area contributed by atoms with Crippen LogP contribution in [0, 0.1) is 10.1 Å². The maximum atomic E-state index is 12.1. The molecular weight excluding hydrogens is 336 g/mol. The Morgan fingerprint density at radius 3 is 2.58 bits per heavy atom. The van der Waals surface area contributed by atoms with E-state index in [-0.39, 0.29) is 35.1 Å². The van der Waals surface area contributed by atoms with E-state index in [1.54, 1.807) is 13.8 Å². The van der Waals surface area contributed by atoms with E-state index in [1.807, 2.05) is 0 Å². The summed E-state index contributed by atoms with van der Waals surface area (Å²) < 4.78 is 26.6. The quantitative estimate of drug-likeness (QED) is 0.470. The van der Waals surface area contributed by atoms with Gasteiger partial charge in [-0.2, -0.15) is 0 Å². The molecule has 24 heavy (non-hydrogen) atoms. The highest BCUT2D eigenvalue weighted by molar-refractivity contribution is 7.89. The Balaban J connectivity index is 2.16. The molecule has 1 fully saturated rings. The van der Waals surface area contributed by atoms with E-state index in [0.29, 0.717) is 0 Å². The standard InChI is InChI=1S/C14H20N4O5S/c1-9(2)17-24(22,23)11-5-6-12(13(7-11)18(20)21)15-8-14(19)16-10-3-4-10/h5-7,9-10,15,17H,3-4,8H2,1-2H3,(H,16,19). The summed E-state index contributed by atoms with van der Waals surface area (Å²) >= 11 is 0. The second kappa shape index (κ2) is 7.14. The average molecular weight is 356 g/mol. The molecule has 2 rings (SSSR count). The van der Waals surface area contributed by atoms with Crippen LogP contribution in [0.1, 0.15) is 26.7 Å². The summed E-state index contributed by atoms with van der Waals surface area (Å²) in [7, 11) is -3.83. The number of sulfonamides is 1. The van der Waals surface area contributed by atoms with Crippen LogP contribution in [-0.4, -0.2) is 37.9 Å². The van der Waals surface area contributed by atoms with Crippen LogP contribution in [0.25, 0.3) is 0 Å². The molecule has 10 heteroatoms. The summed E-state index contributed by atoms with van der Waals surface area (Å²) in [6.07, 6.45) is 1.89. The van der Waals surface area contributed by atoms with Gasteiger partial charge < -0.3 is 10.6 Å². The number of hydrogen-bond donors (Lipinski definition) is 3. The number of benzene rings is 1. The van der Waals surface area contributed by atoms with Gasteiger partial charge in [0.25, 0.3) is 5.69 Å². The van der Waals surface area contributed by atoms with Crippen molar-refractivity contribution >= 4 is 27.3 Å². The molecule has 0 aliphatic heterocycles. The minimum Gasteiger partial charge on any atom is -0.371 e. The third kappa shape index (κ3) is 4.90. The van der Waals surface area contributed by atoms with E-state index >= 15 is 0 Å². The zero-order valence-corrected chi connectivity index (χ0v) is 14.2. The molecule has 1 amide bonds. The number of carbonyl (C=O) groups is 1. The van der Waals surface area contributed by atoms with Gasteiger partial charge in [0.15, 0.2) is 0 Å². The Bertz CT molecular complexity index is 744. The molecule has 1 aromatic rings. The summed E-state index contributed by atoms with van der Waals surface area (Å²) in [5.74, 6) is -0.259. The van der Waals surface area contributed by atoms with Gasteiger partial charge in [0, 0.05) is 18.2 Å². The molecule has 1 aliphatic carbocycles. The minimum atomic E-state index is -3.83. The van der Waals surface area contributed by atoms with Crippen LogP contribution in [0.4, 0.5) is 11.4 Å². The van der Waals surface area contributed by atoms with Crippen molar-refractivity contribution in [3.8, 4) is 0 Å². The van der Waals surface area contributed by atoms with Gasteiger partial charge in [-0.25, -0.2) is 13.1 Å². The first kappa shape index (κ1) is 18.1. The molecule has 0 unspecified atom stereocenters. The summed E-state index contributed by atoms with van der Waals surface area (Å²) in [6.45, 7) is 3.19. The number of nitro benzene ring substituents is 1. The summed E-state index contributed by atoms with van der Waals surface area (Å²) in [5, 5.41) is 16.6. The maximum Gasteiger partial charge on any atom is 0.293 e. The van der Waals surface area contributed by atoms with Crippen LogP contribution >= 0.6 is 0 Å². The molecule has 0 bridgehead atoms. The second-order valence-corrected chi connectivity index (χ2v) is 7.62. The molecule has 1 aliphatic rings. The average Bonchev–Trinajstić information content (AvgIpc) is 3.27. The molecule has 1 aromatic carbocycles. The molecule has 0 heterocycles. The van der Waals surface area contributed by atoms with Crippen LogP contribution in [-0.2, 0) is 14.8 Å². The highest BCUT2D eigenvalue weighted by Gasteiger charge is 2.24. The lowest BCUT2D eigenvalue weighted by atomic mass is 10.2. The lowest BCUT2D eigenvalue weighted by Gasteiger charge is -2.11. The summed E-state index contributed by atoms with van der Waals surface area (Å²) in [4.78, 5) is 22.0. The van der Waals surface area contributed by atoms with Gasteiger partial charge in [0.05, 0.1) is 16.4 Å². The fraction of sp³-hybridized carbons (Fsp3) is 0.500. The van der Waals surface area contributed by atoms with Gasteiger partial charge in [-0.05, 0) is 38.8 Å². The third-order valence-corrected chi connectivity index (χ3v) is 4.91. The van der Waals surface area contributed by atoms with E-state index in [1.165, 1.54) is 12.1 Å². The van der Waals surface area contributed by atoms with Crippen LogP contribution in [0.3, 0.4) is 0 Å². The highest BCUT2D eigenvalue weighted by Crippen LogP contribution is 2.27. The minimum absolute atomic E-state index is 0.0921. The van der Waals surface area contributed by atoms with Crippen molar-refractivity contribution in [1.29, 1.82) is 0 Å².